The fourth-order valence-electron chi connectivity index (χ4n) is 2.86. The molecule has 2 aromatic carbocycles. The number of benzene rings is 2. The summed E-state index contributed by atoms with van der Waals surface area (Å²) in [6, 6.07) is 16.6. The van der Waals surface area contributed by atoms with Crippen LogP contribution < -0.4 is 10.2 Å². The first-order valence-electron chi connectivity index (χ1n) is 8.49. The molecule has 27 heavy (non-hydrogen) atoms. The maximum atomic E-state index is 12.4. The minimum Gasteiger partial charge on any atom is -0.373 e. The number of para-hydroxylation sites is 1. The molecule has 1 fully saturated rings. The van der Waals surface area contributed by atoms with Crippen LogP contribution >= 0.6 is 23.2 Å². The summed E-state index contributed by atoms with van der Waals surface area (Å²) in [4.78, 5) is 16.6. The van der Waals surface area contributed by atoms with Crippen LogP contribution in [0.25, 0.3) is 0 Å². The third-order valence-corrected chi connectivity index (χ3v) is 4.85. The van der Waals surface area contributed by atoms with Crippen molar-refractivity contribution in [2.24, 2.45) is 0 Å². The lowest BCUT2D eigenvalue weighted by atomic mass is 10.2. The van der Waals surface area contributed by atoms with Gasteiger partial charge in [-0.3, -0.25) is 4.79 Å². The molecule has 1 heterocycles. The fraction of sp³-hybridized carbons (Fsp3) is 0.200. The molecule has 7 heteroatoms. The second kappa shape index (κ2) is 8.81. The molecule has 0 aromatic heterocycles. The molecule has 0 spiro atoms. The highest BCUT2D eigenvalue weighted by atomic mass is 35.5. The van der Waals surface area contributed by atoms with E-state index >= 15 is 0 Å². The second-order valence-corrected chi connectivity index (χ2v) is 6.94. The summed E-state index contributed by atoms with van der Waals surface area (Å²) in [5.41, 5.74) is 1.60. The lowest BCUT2D eigenvalue weighted by Gasteiger charge is -2.35. The molecule has 0 aliphatic carbocycles. The van der Waals surface area contributed by atoms with Gasteiger partial charge in [0.25, 0.3) is 5.91 Å². The molecule has 1 N–H and O–H groups in total. The number of rotatable bonds is 4. The minimum absolute atomic E-state index is 0.0473. The molecular weight excluding hydrogens is 383 g/mol. The van der Waals surface area contributed by atoms with E-state index in [4.69, 9.17) is 23.2 Å². The Balaban J connectivity index is 1.63. The largest absolute Gasteiger partial charge is 0.373 e. The second-order valence-electron chi connectivity index (χ2n) is 6.09. The van der Waals surface area contributed by atoms with Crippen LogP contribution in [0.2, 0.25) is 10.0 Å². The molecule has 5 nitrogen and oxygen atoms in total. The molecular formula is C20H18Cl2N4O. The number of hydrogen-bond donors (Lipinski definition) is 1. The summed E-state index contributed by atoms with van der Waals surface area (Å²) in [7, 11) is 0. The summed E-state index contributed by atoms with van der Waals surface area (Å²) in [5.74, 6) is -0.470. The monoisotopic (exact) mass is 400 g/mol. The van der Waals surface area contributed by atoms with E-state index in [-0.39, 0.29) is 5.57 Å². The number of carbonyl (C=O) groups is 1. The average molecular weight is 401 g/mol. The Kier molecular flexibility index (Phi) is 6.23. The van der Waals surface area contributed by atoms with Gasteiger partial charge in [-0.05, 0) is 30.3 Å². The maximum absolute atomic E-state index is 12.4. The summed E-state index contributed by atoms with van der Waals surface area (Å²) in [6.45, 7) is 2.97. The zero-order chi connectivity index (χ0) is 19.2. The van der Waals surface area contributed by atoms with Crippen LogP contribution in [0, 0.1) is 11.3 Å². The van der Waals surface area contributed by atoms with E-state index in [1.165, 1.54) is 0 Å². The molecule has 0 unspecified atom stereocenters. The van der Waals surface area contributed by atoms with Gasteiger partial charge in [0.2, 0.25) is 0 Å². The van der Waals surface area contributed by atoms with Crippen molar-refractivity contribution in [3.63, 3.8) is 0 Å². The summed E-state index contributed by atoms with van der Waals surface area (Å²) >= 11 is 12.1. The van der Waals surface area contributed by atoms with Crippen LogP contribution in [0.5, 0.6) is 0 Å². The van der Waals surface area contributed by atoms with Gasteiger partial charge in [-0.15, -0.1) is 0 Å². The standard InChI is InChI=1S/C20H18Cl2N4O/c21-16-4-3-5-17(12-16)26-10-8-25(9-11-26)14-15(13-23)20(27)24-19-7-2-1-6-18(19)22/h1-7,12,14H,8-11H2,(H,24,27)/b15-14-. The quantitative estimate of drug-likeness (QED) is 0.618. The van der Waals surface area contributed by atoms with E-state index < -0.39 is 5.91 Å². The topological polar surface area (TPSA) is 59.4 Å². The lowest BCUT2D eigenvalue weighted by Crippen LogP contribution is -2.44. The van der Waals surface area contributed by atoms with Gasteiger partial charge in [-0.2, -0.15) is 5.26 Å². The highest BCUT2D eigenvalue weighted by Gasteiger charge is 2.18. The number of carbonyl (C=O) groups excluding carboxylic acids is 1. The zero-order valence-electron chi connectivity index (χ0n) is 14.5. The third-order valence-electron chi connectivity index (χ3n) is 4.29. The smallest absolute Gasteiger partial charge is 0.267 e. The molecule has 0 bridgehead atoms. The van der Waals surface area contributed by atoms with Crippen molar-refractivity contribution in [1.82, 2.24) is 4.90 Å². The molecule has 2 aromatic rings. The van der Waals surface area contributed by atoms with Crippen molar-refractivity contribution in [2.75, 3.05) is 36.4 Å². The van der Waals surface area contributed by atoms with Crippen molar-refractivity contribution in [3.05, 3.63) is 70.3 Å². The number of nitrogens with zero attached hydrogens (tertiary/aromatic N) is 3. The Morgan fingerprint density at radius 1 is 1.07 bits per heavy atom. The molecule has 1 saturated heterocycles. The third kappa shape index (κ3) is 4.94. The highest BCUT2D eigenvalue weighted by molar-refractivity contribution is 6.34. The van der Waals surface area contributed by atoms with Gasteiger partial charge in [0.15, 0.2) is 0 Å². The Hall–Kier alpha value is -2.68. The molecule has 138 valence electrons. The van der Waals surface area contributed by atoms with Crippen LogP contribution in [0.15, 0.2) is 60.3 Å². The Morgan fingerprint density at radius 2 is 1.81 bits per heavy atom. The Bertz CT molecular complexity index is 899. The average Bonchev–Trinajstić information content (AvgIpc) is 2.68. The van der Waals surface area contributed by atoms with Crippen molar-refractivity contribution in [2.45, 2.75) is 0 Å². The Morgan fingerprint density at radius 3 is 2.48 bits per heavy atom. The first kappa shape index (κ1) is 19.1. The first-order chi connectivity index (χ1) is 13.1. The Labute approximate surface area is 168 Å². The molecule has 1 aliphatic rings. The van der Waals surface area contributed by atoms with Crippen molar-refractivity contribution < 1.29 is 4.79 Å². The van der Waals surface area contributed by atoms with E-state index in [2.05, 4.69) is 10.2 Å². The van der Waals surface area contributed by atoms with Crippen molar-refractivity contribution >= 4 is 40.5 Å². The van der Waals surface area contributed by atoms with Gasteiger partial charge < -0.3 is 15.1 Å². The summed E-state index contributed by atoms with van der Waals surface area (Å²) < 4.78 is 0. The van der Waals surface area contributed by atoms with Crippen LogP contribution in [-0.4, -0.2) is 37.0 Å². The molecule has 1 amide bonds. The maximum Gasteiger partial charge on any atom is 0.267 e. The summed E-state index contributed by atoms with van der Waals surface area (Å²) in [6.07, 6.45) is 1.61. The molecule has 0 atom stereocenters. The number of hydrogen-bond acceptors (Lipinski definition) is 4. The number of amides is 1. The van der Waals surface area contributed by atoms with Gasteiger partial charge in [0, 0.05) is 43.1 Å². The number of nitriles is 1. The van der Waals surface area contributed by atoms with Gasteiger partial charge in [-0.1, -0.05) is 41.4 Å². The molecule has 1 aliphatic heterocycles. The van der Waals surface area contributed by atoms with Gasteiger partial charge in [0.1, 0.15) is 11.6 Å². The van der Waals surface area contributed by atoms with Crippen LogP contribution in [0.1, 0.15) is 0 Å². The van der Waals surface area contributed by atoms with Gasteiger partial charge in [0.05, 0.1) is 10.7 Å². The van der Waals surface area contributed by atoms with E-state index in [0.29, 0.717) is 28.8 Å². The van der Waals surface area contributed by atoms with E-state index in [9.17, 15) is 10.1 Å². The fourth-order valence-corrected chi connectivity index (χ4v) is 3.22. The predicted octanol–water partition coefficient (Wildman–Crippen LogP) is 4.16. The number of anilines is 2. The van der Waals surface area contributed by atoms with E-state index in [1.54, 1.807) is 30.5 Å². The molecule has 0 radical (unpaired) electrons. The minimum atomic E-state index is -0.470. The number of halogens is 2. The molecule has 0 saturated carbocycles. The van der Waals surface area contributed by atoms with Gasteiger partial charge in [-0.25, -0.2) is 0 Å². The highest BCUT2D eigenvalue weighted by Crippen LogP contribution is 2.22. The summed E-state index contributed by atoms with van der Waals surface area (Å²) in [5, 5.41) is 13.2. The SMILES string of the molecule is N#C/C(=C/N1CCN(c2cccc(Cl)c2)CC1)C(=O)Nc1ccccc1Cl. The van der Waals surface area contributed by atoms with Crippen LogP contribution in [0.3, 0.4) is 0 Å². The molecule has 3 rings (SSSR count). The van der Waals surface area contributed by atoms with Gasteiger partial charge >= 0.3 is 0 Å². The van der Waals surface area contributed by atoms with E-state index in [0.717, 1.165) is 18.8 Å². The normalized spacial score (nSPS) is 14.6. The lowest BCUT2D eigenvalue weighted by molar-refractivity contribution is -0.112. The van der Waals surface area contributed by atoms with Crippen LogP contribution in [0.4, 0.5) is 11.4 Å². The first-order valence-corrected chi connectivity index (χ1v) is 9.25. The van der Waals surface area contributed by atoms with Crippen molar-refractivity contribution in [3.8, 4) is 6.07 Å². The van der Waals surface area contributed by atoms with Crippen LogP contribution in [-0.2, 0) is 4.79 Å². The van der Waals surface area contributed by atoms with E-state index in [1.807, 2.05) is 35.2 Å². The predicted molar refractivity (Wildman–Crippen MR) is 109 cm³/mol. The van der Waals surface area contributed by atoms with Crippen molar-refractivity contribution in [1.29, 1.82) is 5.26 Å². The number of piperazine rings is 1. The zero-order valence-corrected chi connectivity index (χ0v) is 16.0. The number of nitrogens with one attached hydrogen (secondary N) is 1.